The molecule has 0 heterocycles. The van der Waals surface area contributed by atoms with Crippen molar-refractivity contribution in [3.63, 3.8) is 0 Å². The Morgan fingerprint density at radius 3 is 2.29 bits per heavy atom. The van der Waals surface area contributed by atoms with Crippen LogP contribution in [0, 0.1) is 6.92 Å². The smallest absolute Gasteiger partial charge is 0.243 e. The van der Waals surface area contributed by atoms with Crippen molar-refractivity contribution in [3.8, 4) is 0 Å². The molecule has 3 rings (SSSR count). The van der Waals surface area contributed by atoms with Crippen molar-refractivity contribution in [2.75, 3.05) is 6.54 Å². The van der Waals surface area contributed by atoms with Crippen LogP contribution in [0.2, 0.25) is 10.0 Å². The molecule has 178 valence electrons. The van der Waals surface area contributed by atoms with Gasteiger partial charge < -0.3 is 10.2 Å². The molecule has 0 aliphatic rings. The molecule has 0 aliphatic heterocycles. The molecule has 6 heteroatoms. The number of carbonyl (C=O) groups is 2. The summed E-state index contributed by atoms with van der Waals surface area (Å²) in [6.45, 7) is 4.79. The van der Waals surface area contributed by atoms with Crippen LogP contribution in [0.3, 0.4) is 0 Å². The van der Waals surface area contributed by atoms with Crippen molar-refractivity contribution in [1.29, 1.82) is 0 Å². The number of rotatable bonds is 10. The van der Waals surface area contributed by atoms with E-state index in [4.69, 9.17) is 23.2 Å². The van der Waals surface area contributed by atoms with Gasteiger partial charge in [-0.15, -0.1) is 0 Å². The number of benzene rings is 3. The van der Waals surface area contributed by atoms with Gasteiger partial charge in [0.05, 0.1) is 16.5 Å². The highest BCUT2D eigenvalue weighted by Gasteiger charge is 2.30. The summed E-state index contributed by atoms with van der Waals surface area (Å²) in [5.74, 6) is -0.281. The molecule has 0 fully saturated rings. The highest BCUT2D eigenvalue weighted by molar-refractivity contribution is 6.42. The molecule has 0 aromatic heterocycles. The second-order valence-corrected chi connectivity index (χ2v) is 9.18. The fourth-order valence-corrected chi connectivity index (χ4v) is 4.15. The van der Waals surface area contributed by atoms with Crippen molar-refractivity contribution < 1.29 is 9.59 Å². The molecule has 4 nitrogen and oxygen atoms in total. The molecular formula is C28H30Cl2N2O2. The third-order valence-corrected chi connectivity index (χ3v) is 6.50. The van der Waals surface area contributed by atoms with Gasteiger partial charge in [0.1, 0.15) is 6.04 Å². The first kappa shape index (κ1) is 25.8. The number of hydrogen-bond donors (Lipinski definition) is 1. The average Bonchev–Trinajstić information content (AvgIpc) is 2.84. The van der Waals surface area contributed by atoms with Gasteiger partial charge in [0.25, 0.3) is 0 Å². The molecular weight excluding hydrogens is 467 g/mol. The van der Waals surface area contributed by atoms with E-state index in [1.54, 1.807) is 17.0 Å². The Hall–Kier alpha value is -2.82. The number of aryl methyl sites for hydroxylation is 1. The molecule has 1 atom stereocenters. The number of nitrogens with zero attached hydrogens (tertiary/aromatic N) is 1. The molecule has 1 N–H and O–H groups in total. The highest BCUT2D eigenvalue weighted by Crippen LogP contribution is 2.25. The Bertz CT molecular complexity index is 1120. The molecule has 0 radical (unpaired) electrons. The molecule has 0 spiro atoms. The number of hydrogen-bond acceptors (Lipinski definition) is 2. The van der Waals surface area contributed by atoms with Crippen molar-refractivity contribution in [3.05, 3.63) is 105 Å². The fraction of sp³-hybridized carbons (Fsp3) is 0.286. The lowest BCUT2D eigenvalue weighted by molar-refractivity contribution is -0.140. The first-order chi connectivity index (χ1) is 16.4. The van der Waals surface area contributed by atoms with E-state index in [0.29, 0.717) is 23.0 Å². The summed E-state index contributed by atoms with van der Waals surface area (Å²) < 4.78 is 0. The SMILES string of the molecule is CCCNC(=O)[C@@H](Cc1ccccc1)N(Cc1ccc(Cl)c(Cl)c1)C(=O)Cc1ccccc1C. The molecule has 0 saturated heterocycles. The van der Waals surface area contributed by atoms with Crippen LogP contribution in [-0.4, -0.2) is 29.3 Å². The van der Waals surface area contributed by atoms with Gasteiger partial charge in [0.15, 0.2) is 0 Å². The van der Waals surface area contributed by atoms with Gasteiger partial charge in [0.2, 0.25) is 11.8 Å². The van der Waals surface area contributed by atoms with Gasteiger partial charge in [-0.25, -0.2) is 0 Å². The predicted octanol–water partition coefficient (Wildman–Crippen LogP) is 6.01. The molecule has 34 heavy (non-hydrogen) atoms. The van der Waals surface area contributed by atoms with E-state index >= 15 is 0 Å². The maximum absolute atomic E-state index is 13.7. The minimum Gasteiger partial charge on any atom is -0.354 e. The quantitative estimate of drug-likeness (QED) is 0.373. The number of amides is 2. The van der Waals surface area contributed by atoms with Crippen molar-refractivity contribution in [2.45, 2.75) is 45.7 Å². The van der Waals surface area contributed by atoms with Crippen LogP contribution in [0.15, 0.2) is 72.8 Å². The summed E-state index contributed by atoms with van der Waals surface area (Å²) in [5.41, 5.74) is 3.79. The topological polar surface area (TPSA) is 49.4 Å². The Labute approximate surface area is 211 Å². The van der Waals surface area contributed by atoms with E-state index in [2.05, 4.69) is 5.32 Å². The van der Waals surface area contributed by atoms with Crippen LogP contribution >= 0.6 is 23.2 Å². The molecule has 0 bridgehead atoms. The lowest BCUT2D eigenvalue weighted by Crippen LogP contribution is -2.51. The average molecular weight is 497 g/mol. The third-order valence-electron chi connectivity index (χ3n) is 5.76. The Balaban J connectivity index is 1.98. The molecule has 0 saturated carbocycles. The molecule has 2 amide bonds. The normalized spacial score (nSPS) is 11.6. The van der Waals surface area contributed by atoms with Crippen molar-refractivity contribution in [1.82, 2.24) is 10.2 Å². The van der Waals surface area contributed by atoms with Crippen molar-refractivity contribution >= 4 is 35.0 Å². The van der Waals surface area contributed by atoms with E-state index < -0.39 is 6.04 Å². The summed E-state index contributed by atoms with van der Waals surface area (Å²) in [6.07, 6.45) is 1.44. The zero-order chi connectivity index (χ0) is 24.5. The third kappa shape index (κ3) is 7.09. The lowest BCUT2D eigenvalue weighted by atomic mass is 10.00. The lowest BCUT2D eigenvalue weighted by Gasteiger charge is -2.32. The van der Waals surface area contributed by atoms with Crippen LogP contribution < -0.4 is 5.32 Å². The van der Waals surface area contributed by atoms with Gasteiger partial charge in [-0.2, -0.15) is 0 Å². The maximum atomic E-state index is 13.7. The van der Waals surface area contributed by atoms with Crippen LogP contribution in [0.5, 0.6) is 0 Å². The van der Waals surface area contributed by atoms with Crippen molar-refractivity contribution in [2.24, 2.45) is 0 Å². The first-order valence-corrected chi connectivity index (χ1v) is 12.2. The number of carbonyl (C=O) groups excluding carboxylic acids is 2. The minimum absolute atomic E-state index is 0.118. The molecule has 3 aromatic carbocycles. The Morgan fingerprint density at radius 1 is 0.912 bits per heavy atom. The van der Waals surface area contributed by atoms with E-state index in [1.165, 1.54) is 0 Å². The summed E-state index contributed by atoms with van der Waals surface area (Å²) in [7, 11) is 0. The van der Waals surface area contributed by atoms with Gasteiger partial charge in [-0.1, -0.05) is 90.8 Å². The van der Waals surface area contributed by atoms with Crippen LogP contribution in [0.25, 0.3) is 0 Å². The molecule has 0 unspecified atom stereocenters. The monoisotopic (exact) mass is 496 g/mol. The van der Waals surface area contributed by atoms with Gasteiger partial charge in [-0.3, -0.25) is 9.59 Å². The van der Waals surface area contributed by atoms with E-state index in [9.17, 15) is 9.59 Å². The summed E-state index contributed by atoms with van der Waals surface area (Å²) in [4.78, 5) is 28.7. The largest absolute Gasteiger partial charge is 0.354 e. The zero-order valence-electron chi connectivity index (χ0n) is 19.6. The number of halogens is 2. The summed E-state index contributed by atoms with van der Waals surface area (Å²) >= 11 is 12.4. The minimum atomic E-state index is -0.667. The Kier molecular flexibility index (Phi) is 9.55. The van der Waals surface area contributed by atoms with E-state index in [1.807, 2.05) is 74.5 Å². The standard InChI is InChI=1S/C28H30Cl2N2O2/c1-3-15-31-28(34)26(17-21-10-5-4-6-11-21)32(19-22-13-14-24(29)25(30)16-22)27(33)18-23-12-8-7-9-20(23)2/h4-14,16,26H,3,15,17-19H2,1-2H3,(H,31,34)/t26-/m1/s1. The first-order valence-electron chi connectivity index (χ1n) is 11.5. The predicted molar refractivity (Wildman–Crippen MR) is 139 cm³/mol. The van der Waals surface area contributed by atoms with Gasteiger partial charge in [0, 0.05) is 19.5 Å². The second-order valence-electron chi connectivity index (χ2n) is 8.37. The van der Waals surface area contributed by atoms with E-state index in [0.717, 1.165) is 28.7 Å². The summed E-state index contributed by atoms with van der Waals surface area (Å²) in [5, 5.41) is 3.86. The fourth-order valence-electron chi connectivity index (χ4n) is 3.83. The van der Waals surface area contributed by atoms with Gasteiger partial charge >= 0.3 is 0 Å². The Morgan fingerprint density at radius 2 is 1.62 bits per heavy atom. The van der Waals surface area contributed by atoms with Crippen LogP contribution in [0.1, 0.15) is 35.6 Å². The zero-order valence-corrected chi connectivity index (χ0v) is 21.1. The number of nitrogens with one attached hydrogen (secondary N) is 1. The van der Waals surface area contributed by atoms with E-state index in [-0.39, 0.29) is 24.8 Å². The summed E-state index contributed by atoms with van der Waals surface area (Å²) in [6, 6.07) is 22.2. The van der Waals surface area contributed by atoms with Crippen LogP contribution in [-0.2, 0) is 29.0 Å². The maximum Gasteiger partial charge on any atom is 0.243 e. The van der Waals surface area contributed by atoms with Crippen LogP contribution in [0.4, 0.5) is 0 Å². The highest BCUT2D eigenvalue weighted by atomic mass is 35.5. The molecule has 0 aliphatic carbocycles. The van der Waals surface area contributed by atoms with Gasteiger partial charge in [-0.05, 0) is 47.7 Å². The molecule has 3 aromatic rings. The second kappa shape index (κ2) is 12.6.